The highest BCUT2D eigenvalue weighted by atomic mass is 32.1. The van der Waals surface area contributed by atoms with E-state index in [2.05, 4.69) is 10.6 Å². The van der Waals surface area contributed by atoms with Gasteiger partial charge in [-0.3, -0.25) is 10.1 Å². The minimum absolute atomic E-state index is 0.232. The number of carbonyl (C=O) groups excluding carboxylic acids is 1. The third kappa shape index (κ3) is 5.33. The summed E-state index contributed by atoms with van der Waals surface area (Å²) >= 11 is 5.19. The SMILES string of the molecule is COCCOc1ccccc1C(=O)NC(=S)Nc1ccc(C)cc1. The molecule has 0 spiro atoms. The highest BCUT2D eigenvalue weighted by Gasteiger charge is 2.13. The van der Waals surface area contributed by atoms with E-state index in [1.165, 1.54) is 0 Å². The Labute approximate surface area is 147 Å². The molecule has 0 unspecified atom stereocenters. The predicted octanol–water partition coefficient (Wildman–Crippen LogP) is 3.15. The van der Waals surface area contributed by atoms with Crippen molar-refractivity contribution in [3.8, 4) is 5.75 Å². The molecule has 6 heteroatoms. The molecule has 0 atom stereocenters. The van der Waals surface area contributed by atoms with Crippen molar-refractivity contribution in [2.75, 3.05) is 25.6 Å². The molecular weight excluding hydrogens is 324 g/mol. The number of aryl methyl sites for hydroxylation is 1. The van der Waals surface area contributed by atoms with E-state index in [4.69, 9.17) is 21.7 Å². The van der Waals surface area contributed by atoms with Crippen LogP contribution >= 0.6 is 12.2 Å². The molecule has 0 aromatic heterocycles. The molecule has 2 aromatic rings. The van der Waals surface area contributed by atoms with Gasteiger partial charge in [0.05, 0.1) is 12.2 Å². The number of methoxy groups -OCH3 is 1. The molecule has 1 amide bonds. The van der Waals surface area contributed by atoms with E-state index < -0.39 is 0 Å². The van der Waals surface area contributed by atoms with Crippen LogP contribution < -0.4 is 15.4 Å². The van der Waals surface area contributed by atoms with Crippen LogP contribution in [0.3, 0.4) is 0 Å². The first-order valence-electron chi connectivity index (χ1n) is 7.50. The predicted molar refractivity (Wildman–Crippen MR) is 98.7 cm³/mol. The Hall–Kier alpha value is -2.44. The molecule has 5 nitrogen and oxygen atoms in total. The lowest BCUT2D eigenvalue weighted by molar-refractivity contribution is 0.0970. The minimum Gasteiger partial charge on any atom is -0.490 e. The van der Waals surface area contributed by atoms with Crippen molar-refractivity contribution < 1.29 is 14.3 Å². The van der Waals surface area contributed by atoms with Crippen LogP contribution in [0.2, 0.25) is 0 Å². The summed E-state index contributed by atoms with van der Waals surface area (Å²) in [5, 5.41) is 5.87. The second-order valence-electron chi connectivity index (χ2n) is 5.11. The van der Waals surface area contributed by atoms with Gasteiger partial charge in [0.25, 0.3) is 5.91 Å². The third-order valence-corrected chi connectivity index (χ3v) is 3.42. The number of hydrogen-bond acceptors (Lipinski definition) is 4. The quantitative estimate of drug-likeness (QED) is 0.623. The van der Waals surface area contributed by atoms with Crippen molar-refractivity contribution in [2.45, 2.75) is 6.92 Å². The number of amides is 1. The van der Waals surface area contributed by atoms with Gasteiger partial charge in [-0.15, -0.1) is 0 Å². The van der Waals surface area contributed by atoms with Gasteiger partial charge in [-0.05, 0) is 43.4 Å². The zero-order valence-corrected chi connectivity index (χ0v) is 14.5. The zero-order chi connectivity index (χ0) is 17.4. The average molecular weight is 344 g/mol. The molecule has 126 valence electrons. The van der Waals surface area contributed by atoms with E-state index in [1.807, 2.05) is 37.3 Å². The summed E-state index contributed by atoms with van der Waals surface area (Å²) in [5.74, 6) is 0.165. The molecule has 0 saturated heterocycles. The van der Waals surface area contributed by atoms with Gasteiger partial charge < -0.3 is 14.8 Å². The van der Waals surface area contributed by atoms with Gasteiger partial charge in [0, 0.05) is 12.8 Å². The number of para-hydroxylation sites is 1. The number of nitrogens with one attached hydrogen (secondary N) is 2. The number of carbonyl (C=O) groups is 1. The van der Waals surface area contributed by atoms with Crippen LogP contribution in [0.4, 0.5) is 5.69 Å². The van der Waals surface area contributed by atoms with E-state index >= 15 is 0 Å². The van der Waals surface area contributed by atoms with Gasteiger partial charge >= 0.3 is 0 Å². The Balaban J connectivity index is 1.98. The fourth-order valence-corrected chi connectivity index (χ4v) is 2.20. The van der Waals surface area contributed by atoms with E-state index in [0.29, 0.717) is 24.5 Å². The van der Waals surface area contributed by atoms with Gasteiger partial charge in [0.1, 0.15) is 12.4 Å². The van der Waals surface area contributed by atoms with Crippen LogP contribution in [0, 0.1) is 6.92 Å². The van der Waals surface area contributed by atoms with Gasteiger partial charge in [0.15, 0.2) is 5.11 Å². The molecule has 0 bridgehead atoms. The maximum Gasteiger partial charge on any atom is 0.261 e. The molecule has 2 rings (SSSR count). The lowest BCUT2D eigenvalue weighted by Crippen LogP contribution is -2.34. The van der Waals surface area contributed by atoms with Crippen LogP contribution in [0.25, 0.3) is 0 Å². The van der Waals surface area contributed by atoms with Crippen LogP contribution in [-0.4, -0.2) is 31.3 Å². The highest BCUT2D eigenvalue weighted by Crippen LogP contribution is 2.18. The Morgan fingerprint density at radius 3 is 2.50 bits per heavy atom. The number of rotatable bonds is 6. The number of benzene rings is 2. The van der Waals surface area contributed by atoms with Crippen LogP contribution in [0.15, 0.2) is 48.5 Å². The summed E-state index contributed by atoms with van der Waals surface area (Å²) in [5.41, 5.74) is 2.38. The lowest BCUT2D eigenvalue weighted by Gasteiger charge is -2.13. The summed E-state index contributed by atoms with van der Waals surface area (Å²) in [7, 11) is 1.59. The first-order valence-corrected chi connectivity index (χ1v) is 7.90. The molecule has 2 N–H and O–H groups in total. The smallest absolute Gasteiger partial charge is 0.261 e. The number of anilines is 1. The Bertz CT molecular complexity index is 702. The molecule has 24 heavy (non-hydrogen) atoms. The Kier molecular flexibility index (Phi) is 6.72. The monoisotopic (exact) mass is 344 g/mol. The molecule has 0 aliphatic heterocycles. The second kappa shape index (κ2) is 9.00. The third-order valence-electron chi connectivity index (χ3n) is 3.21. The summed E-state index contributed by atoms with van der Waals surface area (Å²) < 4.78 is 10.5. The number of thiocarbonyl (C=S) groups is 1. The molecule has 0 aliphatic rings. The normalized spacial score (nSPS) is 10.1. The van der Waals surface area contributed by atoms with Gasteiger partial charge in [-0.1, -0.05) is 29.8 Å². The average Bonchev–Trinajstić information content (AvgIpc) is 2.57. The summed E-state index contributed by atoms with van der Waals surface area (Å²) in [6, 6.07) is 14.7. The van der Waals surface area contributed by atoms with Crippen LogP contribution in [-0.2, 0) is 4.74 Å². The Morgan fingerprint density at radius 1 is 1.08 bits per heavy atom. The van der Waals surface area contributed by atoms with Gasteiger partial charge in [0.2, 0.25) is 0 Å². The van der Waals surface area contributed by atoms with E-state index in [1.54, 1.807) is 25.3 Å². The minimum atomic E-state index is -0.326. The largest absolute Gasteiger partial charge is 0.490 e. The van der Waals surface area contributed by atoms with Crippen molar-refractivity contribution >= 4 is 28.9 Å². The molecule has 0 heterocycles. The van der Waals surface area contributed by atoms with Crippen LogP contribution in [0.5, 0.6) is 5.75 Å². The molecule has 0 aliphatic carbocycles. The van der Waals surface area contributed by atoms with Crippen molar-refractivity contribution in [1.29, 1.82) is 0 Å². The van der Waals surface area contributed by atoms with E-state index in [-0.39, 0.29) is 11.0 Å². The second-order valence-corrected chi connectivity index (χ2v) is 5.52. The summed E-state index contributed by atoms with van der Waals surface area (Å²) in [6.07, 6.45) is 0. The van der Waals surface area contributed by atoms with E-state index in [9.17, 15) is 4.79 Å². The highest BCUT2D eigenvalue weighted by molar-refractivity contribution is 7.80. The standard InChI is InChI=1S/C18H20N2O3S/c1-13-7-9-14(10-8-13)19-18(24)20-17(21)15-5-3-4-6-16(15)23-12-11-22-2/h3-10H,11-12H2,1-2H3,(H2,19,20,21,24). The molecule has 0 fully saturated rings. The maximum absolute atomic E-state index is 12.4. The fraction of sp³-hybridized carbons (Fsp3) is 0.222. The van der Waals surface area contributed by atoms with E-state index in [0.717, 1.165) is 11.3 Å². The fourth-order valence-electron chi connectivity index (χ4n) is 1.98. The number of ether oxygens (including phenoxy) is 2. The summed E-state index contributed by atoms with van der Waals surface area (Å²) in [4.78, 5) is 12.4. The lowest BCUT2D eigenvalue weighted by atomic mass is 10.2. The molecule has 0 radical (unpaired) electrons. The van der Waals surface area contributed by atoms with Crippen molar-refractivity contribution in [3.05, 3.63) is 59.7 Å². The van der Waals surface area contributed by atoms with Gasteiger partial charge in [-0.25, -0.2) is 0 Å². The first kappa shape index (κ1) is 17.9. The molecule has 0 saturated carbocycles. The molecule has 2 aromatic carbocycles. The summed E-state index contributed by atoms with van der Waals surface area (Å²) in [6.45, 7) is 2.82. The van der Waals surface area contributed by atoms with Crippen LogP contribution in [0.1, 0.15) is 15.9 Å². The zero-order valence-electron chi connectivity index (χ0n) is 13.7. The maximum atomic E-state index is 12.4. The first-order chi connectivity index (χ1) is 11.6. The number of hydrogen-bond donors (Lipinski definition) is 2. The van der Waals surface area contributed by atoms with Crippen molar-refractivity contribution in [1.82, 2.24) is 5.32 Å². The molecular formula is C18H20N2O3S. The van der Waals surface area contributed by atoms with Gasteiger partial charge in [-0.2, -0.15) is 0 Å². The Morgan fingerprint density at radius 2 is 1.79 bits per heavy atom. The van der Waals surface area contributed by atoms with Crippen molar-refractivity contribution in [3.63, 3.8) is 0 Å². The van der Waals surface area contributed by atoms with Crippen molar-refractivity contribution in [2.24, 2.45) is 0 Å². The topological polar surface area (TPSA) is 59.6 Å².